The first-order chi connectivity index (χ1) is 9.90. The highest BCUT2D eigenvalue weighted by atomic mass is 32.2. The average molecular weight is 298 g/mol. The fourth-order valence-corrected chi connectivity index (χ4v) is 3.91. The smallest absolute Gasteiger partial charge is 0.196 e. The van der Waals surface area contributed by atoms with E-state index < -0.39 is 0 Å². The van der Waals surface area contributed by atoms with Crippen LogP contribution in [0, 0.1) is 0 Å². The van der Waals surface area contributed by atoms with Gasteiger partial charge in [-0.2, -0.15) is 0 Å². The molecule has 0 saturated carbocycles. The van der Waals surface area contributed by atoms with Crippen LogP contribution < -0.4 is 0 Å². The molecule has 98 valence electrons. The molecule has 3 aromatic heterocycles. The Morgan fingerprint density at radius 1 is 1.05 bits per heavy atom. The number of hydrogen-bond acceptors (Lipinski definition) is 5. The minimum absolute atomic E-state index is 0.815. The van der Waals surface area contributed by atoms with Crippen molar-refractivity contribution in [2.75, 3.05) is 0 Å². The Morgan fingerprint density at radius 2 is 1.95 bits per heavy atom. The molecule has 0 radical (unpaired) electrons. The molecule has 4 aromatic rings. The molecule has 1 aromatic carbocycles. The molecule has 0 aliphatic rings. The summed E-state index contributed by atoms with van der Waals surface area (Å²) in [6.07, 6.45) is 1.98. The lowest BCUT2D eigenvalue weighted by Crippen LogP contribution is -1.86. The molecule has 0 unspecified atom stereocenters. The van der Waals surface area contributed by atoms with Gasteiger partial charge >= 0.3 is 0 Å². The van der Waals surface area contributed by atoms with Gasteiger partial charge in [-0.15, -0.1) is 21.5 Å². The fraction of sp³-hybridized carbons (Fsp3) is 0.0714. The summed E-state index contributed by atoms with van der Waals surface area (Å²) in [4.78, 5) is 4.63. The maximum Gasteiger partial charge on any atom is 0.196 e. The van der Waals surface area contributed by atoms with Crippen molar-refractivity contribution in [1.29, 1.82) is 0 Å². The number of rotatable bonds is 3. The Balaban J connectivity index is 1.60. The summed E-state index contributed by atoms with van der Waals surface area (Å²) in [5, 5.41) is 10.4. The summed E-state index contributed by atoms with van der Waals surface area (Å²) >= 11 is 3.40. The summed E-state index contributed by atoms with van der Waals surface area (Å²) in [5.74, 6) is 0.815. The van der Waals surface area contributed by atoms with Crippen LogP contribution in [-0.2, 0) is 5.75 Å². The van der Waals surface area contributed by atoms with E-state index in [-0.39, 0.29) is 0 Å². The topological polar surface area (TPSA) is 43.1 Å². The first kappa shape index (κ1) is 11.9. The Labute approximate surface area is 123 Å². The summed E-state index contributed by atoms with van der Waals surface area (Å²) in [5.41, 5.74) is 1.94. The van der Waals surface area contributed by atoms with Gasteiger partial charge in [-0.25, -0.2) is 4.98 Å². The number of para-hydroxylation sites is 1. The molecule has 0 fully saturated rings. The number of aromatic nitrogens is 4. The van der Waals surface area contributed by atoms with Crippen LogP contribution in [0.25, 0.3) is 15.9 Å². The lowest BCUT2D eigenvalue weighted by Gasteiger charge is -1.96. The highest BCUT2D eigenvalue weighted by molar-refractivity contribution is 7.98. The molecule has 0 saturated heterocycles. The SMILES string of the molecule is c1ccc2sc(CSc3nnc4ccccn34)nc2c1. The summed E-state index contributed by atoms with van der Waals surface area (Å²) in [6, 6.07) is 14.1. The highest BCUT2D eigenvalue weighted by Gasteiger charge is 2.08. The lowest BCUT2D eigenvalue weighted by molar-refractivity contribution is 0.921. The Hall–Kier alpha value is -1.92. The van der Waals surface area contributed by atoms with Crippen LogP contribution in [0.2, 0.25) is 0 Å². The lowest BCUT2D eigenvalue weighted by atomic mass is 10.3. The Kier molecular flexibility index (Phi) is 2.90. The van der Waals surface area contributed by atoms with Gasteiger partial charge in [0.15, 0.2) is 10.8 Å². The third-order valence-electron chi connectivity index (χ3n) is 2.95. The molecule has 4 rings (SSSR count). The van der Waals surface area contributed by atoms with Gasteiger partial charge < -0.3 is 0 Å². The van der Waals surface area contributed by atoms with Gasteiger partial charge in [-0.1, -0.05) is 30.0 Å². The number of nitrogens with zero attached hydrogens (tertiary/aromatic N) is 4. The van der Waals surface area contributed by atoms with Gasteiger partial charge in [0, 0.05) is 6.20 Å². The Morgan fingerprint density at radius 3 is 2.90 bits per heavy atom. The predicted molar refractivity (Wildman–Crippen MR) is 82.2 cm³/mol. The monoisotopic (exact) mass is 298 g/mol. The second-order valence-corrected chi connectivity index (χ2v) is 6.33. The highest BCUT2D eigenvalue weighted by Crippen LogP contribution is 2.27. The van der Waals surface area contributed by atoms with Crippen LogP contribution in [-0.4, -0.2) is 19.6 Å². The molecule has 0 amide bonds. The van der Waals surface area contributed by atoms with Gasteiger partial charge in [0.2, 0.25) is 0 Å². The third-order valence-corrected chi connectivity index (χ3v) is 5.12. The van der Waals surface area contributed by atoms with Crippen LogP contribution in [0.3, 0.4) is 0 Å². The maximum atomic E-state index is 4.63. The largest absolute Gasteiger partial charge is 0.277 e. The van der Waals surface area contributed by atoms with Crippen LogP contribution in [0.1, 0.15) is 5.01 Å². The molecule has 0 aliphatic heterocycles. The van der Waals surface area contributed by atoms with Crippen molar-refractivity contribution in [3.8, 4) is 0 Å². The molecule has 3 heterocycles. The molecule has 0 bridgehead atoms. The number of fused-ring (bicyclic) bond motifs is 2. The fourth-order valence-electron chi connectivity index (χ4n) is 2.03. The van der Waals surface area contributed by atoms with Gasteiger partial charge in [-0.3, -0.25) is 4.40 Å². The molecule has 6 heteroatoms. The molecule has 0 N–H and O–H groups in total. The van der Waals surface area contributed by atoms with Crippen molar-refractivity contribution in [2.24, 2.45) is 0 Å². The van der Waals surface area contributed by atoms with E-state index in [2.05, 4.69) is 21.2 Å². The number of hydrogen-bond donors (Lipinski definition) is 0. The number of thioether (sulfide) groups is 1. The number of thiazole rings is 1. The molecular weight excluding hydrogens is 288 g/mol. The Bertz CT molecular complexity index is 848. The van der Waals surface area contributed by atoms with Crippen molar-refractivity contribution in [1.82, 2.24) is 19.6 Å². The molecule has 4 nitrogen and oxygen atoms in total. The van der Waals surface area contributed by atoms with Crippen molar-refractivity contribution >= 4 is 39.0 Å². The summed E-state index contributed by atoms with van der Waals surface area (Å²) in [6.45, 7) is 0. The normalized spacial score (nSPS) is 11.4. The molecule has 0 spiro atoms. The summed E-state index contributed by atoms with van der Waals surface area (Å²) < 4.78 is 3.23. The van der Waals surface area contributed by atoms with Crippen molar-refractivity contribution in [3.63, 3.8) is 0 Å². The second kappa shape index (κ2) is 4.88. The first-order valence-corrected chi connectivity index (χ1v) is 7.97. The van der Waals surface area contributed by atoms with Gasteiger partial charge in [0.1, 0.15) is 5.01 Å². The molecule has 0 aliphatic carbocycles. The predicted octanol–water partition coefficient (Wildman–Crippen LogP) is 3.63. The van der Waals surface area contributed by atoms with Crippen molar-refractivity contribution in [3.05, 3.63) is 53.7 Å². The van der Waals surface area contributed by atoms with Crippen molar-refractivity contribution in [2.45, 2.75) is 10.9 Å². The van der Waals surface area contributed by atoms with Crippen LogP contribution in [0.5, 0.6) is 0 Å². The zero-order valence-electron chi connectivity index (χ0n) is 10.4. The molecule has 20 heavy (non-hydrogen) atoms. The van der Waals surface area contributed by atoms with E-state index in [4.69, 9.17) is 0 Å². The zero-order valence-corrected chi connectivity index (χ0v) is 12.1. The van der Waals surface area contributed by atoms with E-state index >= 15 is 0 Å². The second-order valence-electron chi connectivity index (χ2n) is 4.28. The maximum absolute atomic E-state index is 4.63. The van der Waals surface area contributed by atoms with E-state index in [0.717, 1.165) is 27.1 Å². The van der Waals surface area contributed by atoms with E-state index in [1.54, 1.807) is 23.1 Å². The van der Waals surface area contributed by atoms with Crippen LogP contribution >= 0.6 is 23.1 Å². The zero-order chi connectivity index (χ0) is 13.4. The number of pyridine rings is 1. The van der Waals surface area contributed by atoms with E-state index in [1.165, 1.54) is 4.70 Å². The average Bonchev–Trinajstić information content (AvgIpc) is 3.08. The first-order valence-electron chi connectivity index (χ1n) is 6.17. The quantitative estimate of drug-likeness (QED) is 0.542. The third kappa shape index (κ3) is 2.07. The minimum atomic E-state index is 0.815. The number of benzene rings is 1. The van der Waals surface area contributed by atoms with E-state index in [0.29, 0.717) is 0 Å². The standard InChI is InChI=1S/C14H10N4S2/c1-2-6-11-10(5-1)15-13(20-11)9-19-14-17-16-12-7-3-4-8-18(12)14/h1-8H,9H2. The van der Waals surface area contributed by atoms with E-state index in [1.807, 2.05) is 47.0 Å². The minimum Gasteiger partial charge on any atom is -0.277 e. The molecule has 0 atom stereocenters. The van der Waals surface area contributed by atoms with Crippen molar-refractivity contribution < 1.29 is 0 Å². The van der Waals surface area contributed by atoms with Gasteiger partial charge in [-0.05, 0) is 24.3 Å². The van der Waals surface area contributed by atoms with E-state index in [9.17, 15) is 0 Å². The van der Waals surface area contributed by atoms with Crippen LogP contribution in [0.15, 0.2) is 53.8 Å². The summed E-state index contributed by atoms with van der Waals surface area (Å²) in [7, 11) is 0. The van der Waals surface area contributed by atoms with Crippen LogP contribution in [0.4, 0.5) is 0 Å². The van der Waals surface area contributed by atoms with Gasteiger partial charge in [0.05, 0.1) is 16.0 Å². The van der Waals surface area contributed by atoms with Gasteiger partial charge in [0.25, 0.3) is 0 Å². The molecular formula is C14H10N4S2.